The third kappa shape index (κ3) is 8.49. The van der Waals surface area contributed by atoms with Crippen LogP contribution in [0.1, 0.15) is 46.4 Å². The van der Waals surface area contributed by atoms with Crippen molar-refractivity contribution in [1.82, 2.24) is 34.0 Å². The lowest BCUT2D eigenvalue weighted by Gasteiger charge is -2.36. The number of anilines is 1. The van der Waals surface area contributed by atoms with Crippen LogP contribution in [0.25, 0.3) is 22.4 Å². The van der Waals surface area contributed by atoms with Crippen LogP contribution in [0.3, 0.4) is 0 Å². The maximum absolute atomic E-state index is 13.4. The van der Waals surface area contributed by atoms with Crippen molar-refractivity contribution in [2.75, 3.05) is 73.0 Å². The van der Waals surface area contributed by atoms with E-state index in [2.05, 4.69) is 20.3 Å². The zero-order chi connectivity index (χ0) is 37.5. The highest BCUT2D eigenvalue weighted by Crippen LogP contribution is 2.35. The number of imidazole rings is 1. The SMILES string of the molecule is CCC(CCN(C)C)C(=O)N1CCN(C(=O)c2ccc(NC(=O)c3ncc(-c4ccc(-c5cnn(CCOC)c5C)cc4OC)n3C)cc2Cl)CC1. The summed E-state index contributed by atoms with van der Waals surface area (Å²) in [7, 11) is 9.05. The molecule has 1 aliphatic heterocycles. The average molecular weight is 733 g/mol. The quantitative estimate of drug-likeness (QED) is 0.190. The molecule has 0 spiro atoms. The Morgan fingerprint density at radius 3 is 2.38 bits per heavy atom. The number of carbonyl (C=O) groups is 3. The van der Waals surface area contributed by atoms with Gasteiger partial charge < -0.3 is 34.1 Å². The molecule has 3 heterocycles. The zero-order valence-electron chi connectivity index (χ0n) is 31.1. The van der Waals surface area contributed by atoms with Crippen LogP contribution in [0.15, 0.2) is 48.8 Å². The molecule has 1 atom stereocenters. The van der Waals surface area contributed by atoms with Gasteiger partial charge in [0.05, 0.1) is 48.9 Å². The molecule has 0 aliphatic carbocycles. The second-order valence-corrected chi connectivity index (χ2v) is 13.7. The highest BCUT2D eigenvalue weighted by molar-refractivity contribution is 6.34. The lowest BCUT2D eigenvalue weighted by molar-refractivity contribution is -0.137. The van der Waals surface area contributed by atoms with Crippen molar-refractivity contribution in [1.29, 1.82) is 0 Å². The van der Waals surface area contributed by atoms with Crippen molar-refractivity contribution in [3.8, 4) is 28.1 Å². The number of methoxy groups -OCH3 is 2. The molecule has 278 valence electrons. The number of ether oxygens (including phenoxy) is 2. The predicted molar refractivity (Wildman–Crippen MR) is 202 cm³/mol. The summed E-state index contributed by atoms with van der Waals surface area (Å²) in [6.07, 6.45) is 5.07. The number of hydrogen-bond donors (Lipinski definition) is 1. The fraction of sp³-hybridized carbons (Fsp3) is 0.447. The molecule has 4 aromatic rings. The lowest BCUT2D eigenvalue weighted by Crippen LogP contribution is -2.52. The minimum atomic E-state index is -0.435. The van der Waals surface area contributed by atoms with Gasteiger partial charge in [-0.3, -0.25) is 19.1 Å². The molecule has 13 nitrogen and oxygen atoms in total. The van der Waals surface area contributed by atoms with Gasteiger partial charge in [0.25, 0.3) is 11.8 Å². The van der Waals surface area contributed by atoms with Crippen LogP contribution in [-0.2, 0) is 23.1 Å². The first-order valence-electron chi connectivity index (χ1n) is 17.5. The van der Waals surface area contributed by atoms with Gasteiger partial charge in [-0.15, -0.1) is 0 Å². The normalized spacial score (nSPS) is 13.8. The van der Waals surface area contributed by atoms with E-state index in [4.69, 9.17) is 21.1 Å². The van der Waals surface area contributed by atoms with Gasteiger partial charge in [0.15, 0.2) is 5.82 Å². The van der Waals surface area contributed by atoms with Crippen molar-refractivity contribution in [2.24, 2.45) is 13.0 Å². The zero-order valence-corrected chi connectivity index (χ0v) is 31.9. The smallest absolute Gasteiger partial charge is 0.291 e. The number of aromatic nitrogens is 4. The molecule has 1 fully saturated rings. The second-order valence-electron chi connectivity index (χ2n) is 13.3. The standard InChI is InChI=1S/C38H49ClN8O5/c1-8-26(13-14-43(3)4)37(49)45-15-17-46(18-16-45)38(50)29-12-10-28(22-32(29)39)42-36(48)35-40-24-33(44(35)5)30-11-9-27(21-34(30)52-7)31-23-41-47(25(31)2)19-20-51-6/h9-12,21-24,26H,8,13-20H2,1-7H3,(H,42,48). The van der Waals surface area contributed by atoms with E-state index in [1.807, 2.05) is 61.9 Å². The van der Waals surface area contributed by atoms with Crippen molar-refractivity contribution in [3.63, 3.8) is 0 Å². The summed E-state index contributed by atoms with van der Waals surface area (Å²) >= 11 is 6.60. The number of rotatable bonds is 14. The van der Waals surface area contributed by atoms with Crippen molar-refractivity contribution in [2.45, 2.75) is 33.2 Å². The Bertz CT molecular complexity index is 1900. The molecule has 1 aliphatic rings. The molecule has 2 aromatic heterocycles. The maximum Gasteiger partial charge on any atom is 0.291 e. The molecule has 1 saturated heterocycles. The van der Waals surface area contributed by atoms with Crippen molar-refractivity contribution in [3.05, 3.63) is 70.9 Å². The predicted octanol–water partition coefficient (Wildman–Crippen LogP) is 5.08. The molecule has 52 heavy (non-hydrogen) atoms. The van der Waals surface area contributed by atoms with E-state index < -0.39 is 5.91 Å². The molecule has 0 radical (unpaired) electrons. The largest absolute Gasteiger partial charge is 0.496 e. The molecule has 3 amide bonds. The average Bonchev–Trinajstić information content (AvgIpc) is 3.71. The Kier molecular flexibility index (Phi) is 12.7. The third-order valence-electron chi connectivity index (χ3n) is 9.69. The molecule has 14 heteroatoms. The molecule has 2 aromatic carbocycles. The number of halogens is 1. The molecule has 1 N–H and O–H groups in total. The number of nitrogens with zero attached hydrogens (tertiary/aromatic N) is 7. The minimum absolute atomic E-state index is 0.0213. The van der Waals surface area contributed by atoms with Gasteiger partial charge in [-0.25, -0.2) is 4.98 Å². The van der Waals surface area contributed by atoms with Gasteiger partial charge in [-0.05, 0) is 76.3 Å². The molecule has 0 bridgehead atoms. The Labute approximate surface area is 310 Å². The van der Waals surface area contributed by atoms with E-state index in [0.29, 0.717) is 62.0 Å². The number of piperazine rings is 1. The van der Waals surface area contributed by atoms with Crippen molar-refractivity contribution >= 4 is 35.0 Å². The second kappa shape index (κ2) is 17.2. The molecule has 1 unspecified atom stereocenters. The number of nitrogens with one attached hydrogen (secondary N) is 1. The van der Waals surface area contributed by atoms with E-state index in [0.717, 1.165) is 41.8 Å². The maximum atomic E-state index is 13.4. The third-order valence-corrected chi connectivity index (χ3v) is 10.0. The van der Waals surface area contributed by atoms with Gasteiger partial charge in [0.1, 0.15) is 5.75 Å². The monoisotopic (exact) mass is 732 g/mol. The Morgan fingerprint density at radius 2 is 1.73 bits per heavy atom. The Balaban J connectivity index is 1.23. The van der Waals surface area contributed by atoms with Gasteiger partial charge in [0.2, 0.25) is 5.91 Å². The van der Waals surface area contributed by atoms with E-state index >= 15 is 0 Å². The molecule has 5 rings (SSSR count). The van der Waals surface area contributed by atoms with Gasteiger partial charge in [0, 0.05) is 68.8 Å². The van der Waals surface area contributed by atoms with E-state index in [9.17, 15) is 14.4 Å². The Hall–Kier alpha value is -4.72. The summed E-state index contributed by atoms with van der Waals surface area (Å²) in [6, 6.07) is 10.7. The highest BCUT2D eigenvalue weighted by Gasteiger charge is 2.29. The first-order chi connectivity index (χ1) is 25.0. The number of amides is 3. The van der Waals surface area contributed by atoms with Crippen LogP contribution in [0.5, 0.6) is 5.75 Å². The minimum Gasteiger partial charge on any atom is -0.496 e. The summed E-state index contributed by atoms with van der Waals surface area (Å²) in [6.45, 7) is 7.97. The van der Waals surface area contributed by atoms with Crippen LogP contribution in [0.4, 0.5) is 5.69 Å². The van der Waals surface area contributed by atoms with Crippen LogP contribution >= 0.6 is 11.6 Å². The summed E-state index contributed by atoms with van der Waals surface area (Å²) in [5.41, 5.74) is 5.20. The fourth-order valence-electron chi connectivity index (χ4n) is 6.50. The topological polar surface area (TPSA) is 127 Å². The van der Waals surface area contributed by atoms with Crippen LogP contribution < -0.4 is 10.1 Å². The van der Waals surface area contributed by atoms with E-state index in [1.165, 1.54) is 0 Å². The first-order valence-corrected chi connectivity index (χ1v) is 17.9. The van der Waals surface area contributed by atoms with E-state index in [1.54, 1.807) is 55.1 Å². The number of hydrogen-bond acceptors (Lipinski definition) is 8. The summed E-state index contributed by atoms with van der Waals surface area (Å²) in [5, 5.41) is 7.58. The Morgan fingerprint density at radius 1 is 1.00 bits per heavy atom. The molecular formula is C38H49ClN8O5. The summed E-state index contributed by atoms with van der Waals surface area (Å²) in [5.74, 6) is 0.301. The van der Waals surface area contributed by atoms with Crippen LogP contribution in [0, 0.1) is 12.8 Å². The number of benzene rings is 2. The van der Waals surface area contributed by atoms with Gasteiger partial charge in [-0.1, -0.05) is 24.6 Å². The fourth-order valence-corrected chi connectivity index (χ4v) is 6.76. The highest BCUT2D eigenvalue weighted by atomic mass is 35.5. The van der Waals surface area contributed by atoms with Crippen LogP contribution in [0.2, 0.25) is 5.02 Å². The first kappa shape index (κ1) is 38.5. The number of carbonyl (C=O) groups excluding carboxylic acids is 3. The van der Waals surface area contributed by atoms with E-state index in [-0.39, 0.29) is 28.6 Å². The van der Waals surface area contributed by atoms with Crippen LogP contribution in [-0.4, -0.2) is 119 Å². The van der Waals surface area contributed by atoms with Gasteiger partial charge >= 0.3 is 0 Å². The van der Waals surface area contributed by atoms with Gasteiger partial charge in [-0.2, -0.15) is 5.10 Å². The lowest BCUT2D eigenvalue weighted by atomic mass is 10.00. The summed E-state index contributed by atoms with van der Waals surface area (Å²) in [4.78, 5) is 50.0. The van der Waals surface area contributed by atoms with Crippen molar-refractivity contribution < 1.29 is 23.9 Å². The summed E-state index contributed by atoms with van der Waals surface area (Å²) < 4.78 is 14.6. The molecular weight excluding hydrogens is 684 g/mol. The molecule has 0 saturated carbocycles.